The summed E-state index contributed by atoms with van der Waals surface area (Å²) >= 11 is 0. The number of piperidine rings is 2. The van der Waals surface area contributed by atoms with Gasteiger partial charge >= 0.3 is 0 Å². The Balaban J connectivity index is 1.35. The van der Waals surface area contributed by atoms with Crippen LogP contribution in [0.5, 0.6) is 0 Å². The van der Waals surface area contributed by atoms with E-state index in [1.54, 1.807) is 12.7 Å². The van der Waals surface area contributed by atoms with E-state index in [4.69, 9.17) is 0 Å². The smallest absolute Gasteiger partial charge is 0.224 e. The van der Waals surface area contributed by atoms with Gasteiger partial charge in [0.1, 0.15) is 12.7 Å². The van der Waals surface area contributed by atoms with Crippen molar-refractivity contribution >= 4 is 5.91 Å². The fourth-order valence-electron chi connectivity index (χ4n) is 4.76. The molecule has 1 atom stereocenters. The number of hydrogen-bond donors (Lipinski definition) is 0. The number of hydrogen-bond acceptors (Lipinski definition) is 4. The van der Waals surface area contributed by atoms with Gasteiger partial charge in [0.25, 0.3) is 0 Å². The van der Waals surface area contributed by atoms with Gasteiger partial charge in [-0.15, -0.1) is 10.2 Å². The van der Waals surface area contributed by atoms with E-state index in [0.29, 0.717) is 13.0 Å². The van der Waals surface area contributed by atoms with Gasteiger partial charge in [0.15, 0.2) is 0 Å². The van der Waals surface area contributed by atoms with Crippen LogP contribution in [-0.2, 0) is 17.9 Å². The van der Waals surface area contributed by atoms with Crippen molar-refractivity contribution in [3.63, 3.8) is 0 Å². The van der Waals surface area contributed by atoms with Crippen molar-refractivity contribution in [1.29, 1.82) is 0 Å². The van der Waals surface area contributed by atoms with Crippen LogP contribution in [0.15, 0.2) is 43.0 Å². The van der Waals surface area contributed by atoms with Crippen molar-refractivity contribution in [2.24, 2.45) is 5.41 Å². The quantitative estimate of drug-likeness (QED) is 0.815. The molecule has 0 unspecified atom stereocenters. The molecule has 3 heterocycles. The van der Waals surface area contributed by atoms with Gasteiger partial charge in [-0.25, -0.2) is 0 Å². The Morgan fingerprint density at radius 2 is 1.74 bits per heavy atom. The monoisotopic (exact) mass is 367 g/mol. The zero-order valence-electron chi connectivity index (χ0n) is 16.0. The molecular weight excluding hydrogens is 338 g/mol. The minimum absolute atomic E-state index is 0.267. The summed E-state index contributed by atoms with van der Waals surface area (Å²) in [7, 11) is 0. The molecule has 0 aliphatic carbocycles. The predicted octanol–water partition coefficient (Wildman–Crippen LogP) is 2.57. The van der Waals surface area contributed by atoms with Gasteiger partial charge in [0.2, 0.25) is 5.91 Å². The molecule has 0 saturated carbocycles. The van der Waals surface area contributed by atoms with Gasteiger partial charge in [0, 0.05) is 44.6 Å². The first kappa shape index (κ1) is 18.2. The molecule has 2 aliphatic rings. The van der Waals surface area contributed by atoms with E-state index in [-0.39, 0.29) is 11.3 Å². The van der Waals surface area contributed by atoms with E-state index < -0.39 is 0 Å². The first-order valence-electron chi connectivity index (χ1n) is 10.1. The minimum Gasteiger partial charge on any atom is -0.342 e. The van der Waals surface area contributed by atoms with Gasteiger partial charge in [-0.2, -0.15) is 0 Å². The third-order valence-corrected chi connectivity index (χ3v) is 6.05. The Morgan fingerprint density at radius 1 is 1.00 bits per heavy atom. The molecule has 27 heavy (non-hydrogen) atoms. The number of carbonyl (C=O) groups is 1. The van der Waals surface area contributed by atoms with E-state index >= 15 is 0 Å². The Labute approximate surface area is 161 Å². The van der Waals surface area contributed by atoms with E-state index in [2.05, 4.69) is 50.3 Å². The lowest BCUT2D eigenvalue weighted by Gasteiger charge is -2.48. The maximum absolute atomic E-state index is 12.7. The maximum Gasteiger partial charge on any atom is 0.224 e. The highest BCUT2D eigenvalue weighted by Crippen LogP contribution is 2.39. The second kappa shape index (κ2) is 8.21. The lowest BCUT2D eigenvalue weighted by molar-refractivity contribution is -0.136. The summed E-state index contributed by atoms with van der Waals surface area (Å²) in [5.41, 5.74) is 1.66. The highest BCUT2D eigenvalue weighted by atomic mass is 16.2. The van der Waals surface area contributed by atoms with Crippen molar-refractivity contribution in [3.05, 3.63) is 48.5 Å². The minimum atomic E-state index is 0.267. The van der Waals surface area contributed by atoms with Crippen molar-refractivity contribution in [2.45, 2.75) is 45.2 Å². The van der Waals surface area contributed by atoms with Crippen molar-refractivity contribution < 1.29 is 4.79 Å². The second-order valence-electron chi connectivity index (χ2n) is 8.17. The van der Waals surface area contributed by atoms with Crippen LogP contribution in [0.25, 0.3) is 0 Å². The Bertz CT molecular complexity index is 728. The fourth-order valence-corrected chi connectivity index (χ4v) is 4.76. The summed E-state index contributed by atoms with van der Waals surface area (Å²) in [6.45, 7) is 5.77. The number of nitrogens with zero attached hydrogens (tertiary/aromatic N) is 5. The van der Waals surface area contributed by atoms with Crippen molar-refractivity contribution in [2.75, 3.05) is 26.2 Å². The summed E-state index contributed by atoms with van der Waals surface area (Å²) in [5.74, 6) is 0.267. The number of aromatic nitrogens is 3. The Kier molecular flexibility index (Phi) is 5.53. The zero-order valence-corrected chi connectivity index (χ0v) is 16.0. The van der Waals surface area contributed by atoms with Gasteiger partial charge in [-0.1, -0.05) is 30.3 Å². The first-order valence-corrected chi connectivity index (χ1v) is 10.1. The molecule has 1 aromatic heterocycles. The van der Waals surface area contributed by atoms with Crippen LogP contribution in [0.4, 0.5) is 0 Å². The summed E-state index contributed by atoms with van der Waals surface area (Å²) in [5, 5.41) is 7.61. The number of aryl methyl sites for hydroxylation is 1. The van der Waals surface area contributed by atoms with Crippen LogP contribution >= 0.6 is 0 Å². The fraction of sp³-hybridized carbons (Fsp3) is 0.571. The summed E-state index contributed by atoms with van der Waals surface area (Å²) in [6, 6.07) is 10.7. The lowest BCUT2D eigenvalue weighted by Crippen LogP contribution is -2.53. The van der Waals surface area contributed by atoms with E-state index in [1.165, 1.54) is 24.8 Å². The molecule has 4 rings (SSSR count). The SMILES string of the molecule is O=C(CCn1cnnc1)N1CCC[C@@]2(CCCN(Cc3ccccc3)C2)C1. The molecule has 2 aromatic rings. The molecule has 1 aromatic carbocycles. The molecule has 1 spiro atoms. The molecule has 144 valence electrons. The van der Waals surface area contributed by atoms with E-state index in [1.807, 2.05) is 4.57 Å². The van der Waals surface area contributed by atoms with Gasteiger partial charge in [-0.3, -0.25) is 9.69 Å². The van der Waals surface area contributed by atoms with Crippen molar-refractivity contribution in [3.8, 4) is 0 Å². The molecular formula is C21H29N5O. The Hall–Kier alpha value is -2.21. The summed E-state index contributed by atoms with van der Waals surface area (Å²) < 4.78 is 1.87. The van der Waals surface area contributed by atoms with Crippen LogP contribution in [-0.4, -0.2) is 56.7 Å². The molecule has 2 aliphatic heterocycles. The zero-order chi connectivity index (χ0) is 18.5. The average Bonchev–Trinajstić information content (AvgIpc) is 3.21. The Morgan fingerprint density at radius 3 is 2.52 bits per heavy atom. The third-order valence-electron chi connectivity index (χ3n) is 6.05. The largest absolute Gasteiger partial charge is 0.342 e. The number of likely N-dealkylation sites (tertiary alicyclic amines) is 2. The topological polar surface area (TPSA) is 54.3 Å². The van der Waals surface area contributed by atoms with Gasteiger partial charge in [-0.05, 0) is 37.8 Å². The third kappa shape index (κ3) is 4.56. The predicted molar refractivity (Wildman–Crippen MR) is 104 cm³/mol. The summed E-state index contributed by atoms with van der Waals surface area (Å²) in [4.78, 5) is 17.4. The molecule has 0 bridgehead atoms. The van der Waals surface area contributed by atoms with Crippen LogP contribution in [0.1, 0.15) is 37.7 Å². The van der Waals surface area contributed by atoms with Gasteiger partial charge < -0.3 is 9.47 Å². The van der Waals surface area contributed by atoms with Crippen LogP contribution in [0, 0.1) is 5.41 Å². The van der Waals surface area contributed by atoms with E-state index in [9.17, 15) is 4.79 Å². The second-order valence-corrected chi connectivity index (χ2v) is 8.17. The average molecular weight is 367 g/mol. The lowest BCUT2D eigenvalue weighted by atomic mass is 9.73. The summed E-state index contributed by atoms with van der Waals surface area (Å²) in [6.07, 6.45) is 8.72. The number of rotatable bonds is 5. The highest BCUT2D eigenvalue weighted by Gasteiger charge is 2.40. The molecule has 1 amide bonds. The van der Waals surface area contributed by atoms with Crippen LogP contribution in [0.3, 0.4) is 0 Å². The molecule has 2 fully saturated rings. The molecule has 2 saturated heterocycles. The van der Waals surface area contributed by atoms with Gasteiger partial charge in [0.05, 0.1) is 0 Å². The number of benzene rings is 1. The molecule has 0 N–H and O–H groups in total. The molecule has 6 heteroatoms. The maximum atomic E-state index is 12.7. The van der Waals surface area contributed by atoms with Crippen molar-refractivity contribution in [1.82, 2.24) is 24.6 Å². The van der Waals surface area contributed by atoms with Crippen LogP contribution in [0.2, 0.25) is 0 Å². The highest BCUT2D eigenvalue weighted by molar-refractivity contribution is 5.76. The first-order chi connectivity index (χ1) is 13.2. The number of amides is 1. The standard InChI is InChI=1S/C21H29N5O/c27-20(8-13-25-17-22-23-18-25)26-12-5-10-21(16-26)9-4-11-24(15-21)14-19-6-2-1-3-7-19/h1-3,6-7,17-18H,4-5,8-16H2/t21-/m1/s1. The number of carbonyl (C=O) groups excluding carboxylic acids is 1. The normalized spacial score (nSPS) is 23.6. The van der Waals surface area contributed by atoms with Crippen LogP contribution < -0.4 is 0 Å². The molecule has 0 radical (unpaired) electrons. The molecule has 6 nitrogen and oxygen atoms in total. The van der Waals surface area contributed by atoms with E-state index in [0.717, 1.165) is 39.1 Å².